The summed E-state index contributed by atoms with van der Waals surface area (Å²) in [7, 11) is -3.48. The van der Waals surface area contributed by atoms with Gasteiger partial charge in [0, 0.05) is 17.8 Å². The molecule has 0 aliphatic carbocycles. The molecule has 1 atom stereocenters. The quantitative estimate of drug-likeness (QED) is 0.620. The molecule has 0 radical (unpaired) electrons. The van der Waals surface area contributed by atoms with Crippen LogP contribution in [-0.4, -0.2) is 31.7 Å². The van der Waals surface area contributed by atoms with Gasteiger partial charge >= 0.3 is 0 Å². The molecule has 28 heavy (non-hydrogen) atoms. The third-order valence-corrected chi connectivity index (χ3v) is 7.90. The molecule has 0 aliphatic rings. The predicted octanol–water partition coefficient (Wildman–Crippen LogP) is 4.42. The van der Waals surface area contributed by atoms with Crippen molar-refractivity contribution in [2.24, 2.45) is 0 Å². The van der Waals surface area contributed by atoms with Gasteiger partial charge < -0.3 is 5.32 Å². The highest BCUT2D eigenvalue weighted by atomic mass is 32.2. The summed E-state index contributed by atoms with van der Waals surface area (Å²) in [6.07, 6.45) is 0. The van der Waals surface area contributed by atoms with Crippen LogP contribution in [0.1, 0.15) is 42.0 Å². The maximum Gasteiger partial charge on any atom is 0.261 e. The van der Waals surface area contributed by atoms with Crippen LogP contribution in [0.2, 0.25) is 0 Å². The normalized spacial score (nSPS) is 13.0. The molecule has 0 saturated carbocycles. The molecule has 1 unspecified atom stereocenters. The summed E-state index contributed by atoms with van der Waals surface area (Å²) in [5.74, 6) is -0.131. The first-order chi connectivity index (χ1) is 13.4. The van der Waals surface area contributed by atoms with Crippen molar-refractivity contribution in [1.82, 2.24) is 9.62 Å². The van der Waals surface area contributed by atoms with Gasteiger partial charge in [0.2, 0.25) is 10.0 Å². The van der Waals surface area contributed by atoms with Gasteiger partial charge in [0.25, 0.3) is 5.91 Å². The van der Waals surface area contributed by atoms with E-state index in [-0.39, 0.29) is 16.8 Å². The second-order valence-corrected chi connectivity index (χ2v) is 9.52. The molecule has 148 valence electrons. The lowest BCUT2D eigenvalue weighted by Gasteiger charge is -2.19. The van der Waals surface area contributed by atoms with Crippen LogP contribution >= 0.6 is 11.3 Å². The number of hydrogen-bond acceptors (Lipinski definition) is 4. The van der Waals surface area contributed by atoms with Gasteiger partial charge in [-0.1, -0.05) is 44.2 Å². The molecule has 1 aromatic heterocycles. The second-order valence-electron chi connectivity index (χ2n) is 6.50. The average Bonchev–Trinajstić information content (AvgIpc) is 3.13. The first-order valence-electron chi connectivity index (χ1n) is 9.26. The van der Waals surface area contributed by atoms with Gasteiger partial charge in [-0.3, -0.25) is 4.79 Å². The summed E-state index contributed by atoms with van der Waals surface area (Å²) in [5.41, 5.74) is 0.855. The number of thiophene rings is 1. The number of hydrogen-bond donors (Lipinski definition) is 1. The number of carbonyl (C=O) groups excluding carboxylic acids is 1. The molecule has 0 aliphatic heterocycles. The Labute approximate surface area is 170 Å². The van der Waals surface area contributed by atoms with E-state index < -0.39 is 10.0 Å². The van der Waals surface area contributed by atoms with Crippen molar-refractivity contribution < 1.29 is 13.2 Å². The summed E-state index contributed by atoms with van der Waals surface area (Å²) < 4.78 is 27.7. The zero-order valence-electron chi connectivity index (χ0n) is 16.2. The molecule has 5 nitrogen and oxygen atoms in total. The number of carbonyl (C=O) groups is 1. The fraction of sp³-hybridized carbons (Fsp3) is 0.286. The van der Waals surface area contributed by atoms with Crippen molar-refractivity contribution in [2.75, 3.05) is 13.1 Å². The summed E-state index contributed by atoms with van der Waals surface area (Å²) in [6, 6.07) is 16.3. The molecule has 0 spiro atoms. The fourth-order valence-electron chi connectivity index (χ4n) is 3.09. The molecule has 0 bridgehead atoms. The van der Waals surface area contributed by atoms with Gasteiger partial charge in [-0.15, -0.1) is 11.3 Å². The van der Waals surface area contributed by atoms with E-state index in [0.717, 1.165) is 15.6 Å². The third kappa shape index (κ3) is 4.11. The fourth-order valence-corrected chi connectivity index (χ4v) is 5.51. The van der Waals surface area contributed by atoms with Crippen LogP contribution in [0.25, 0.3) is 10.1 Å². The number of benzene rings is 2. The molecule has 3 aromatic rings. The summed E-state index contributed by atoms with van der Waals surface area (Å²) >= 11 is 1.46. The largest absolute Gasteiger partial charge is 0.345 e. The van der Waals surface area contributed by atoms with Crippen molar-refractivity contribution in [1.29, 1.82) is 0 Å². The van der Waals surface area contributed by atoms with Crippen molar-refractivity contribution in [3.63, 3.8) is 0 Å². The summed E-state index contributed by atoms with van der Waals surface area (Å²) in [6.45, 7) is 6.39. The van der Waals surface area contributed by atoms with Gasteiger partial charge in [-0.05, 0) is 42.1 Å². The lowest BCUT2D eigenvalue weighted by Crippen LogP contribution is -2.30. The lowest BCUT2D eigenvalue weighted by molar-refractivity contribution is 0.0944. The number of sulfonamides is 1. The van der Waals surface area contributed by atoms with Crippen LogP contribution in [0.4, 0.5) is 0 Å². The van der Waals surface area contributed by atoms with E-state index in [1.165, 1.54) is 15.6 Å². The summed E-state index contributed by atoms with van der Waals surface area (Å²) in [5, 5.41) is 4.04. The predicted molar refractivity (Wildman–Crippen MR) is 114 cm³/mol. The first kappa shape index (κ1) is 20.5. The number of nitrogens with one attached hydrogen (secondary N) is 1. The topological polar surface area (TPSA) is 66.5 Å². The standard InChI is InChI=1S/C21H24N2O3S2/c1-4-23(5-2)28(25,26)18-12-10-16(11-13-18)15(3)22-21(24)20-14-17-8-6-7-9-19(17)27-20/h6-15H,4-5H2,1-3H3,(H,22,24). The Bertz CT molecular complexity index is 1040. The zero-order valence-corrected chi connectivity index (χ0v) is 17.8. The Morgan fingerprint density at radius 2 is 1.71 bits per heavy atom. The van der Waals surface area contributed by atoms with E-state index in [4.69, 9.17) is 0 Å². The van der Waals surface area contributed by atoms with Gasteiger partial charge in [-0.2, -0.15) is 4.31 Å². The van der Waals surface area contributed by atoms with E-state index in [1.807, 2.05) is 51.1 Å². The van der Waals surface area contributed by atoms with Crippen molar-refractivity contribution in [2.45, 2.75) is 31.7 Å². The highest BCUT2D eigenvalue weighted by molar-refractivity contribution is 7.89. The van der Waals surface area contributed by atoms with Crippen molar-refractivity contribution in [3.8, 4) is 0 Å². The zero-order chi connectivity index (χ0) is 20.3. The maximum atomic E-state index is 12.6. The third-order valence-electron chi connectivity index (χ3n) is 4.72. The molecule has 0 saturated heterocycles. The van der Waals surface area contributed by atoms with Gasteiger partial charge in [0.1, 0.15) is 0 Å². The van der Waals surface area contributed by atoms with Gasteiger partial charge in [0.05, 0.1) is 15.8 Å². The molecule has 0 fully saturated rings. The van der Waals surface area contributed by atoms with Crippen LogP contribution in [0, 0.1) is 0 Å². The van der Waals surface area contributed by atoms with Crippen molar-refractivity contribution in [3.05, 3.63) is 65.0 Å². The van der Waals surface area contributed by atoms with Gasteiger partial charge in [0.15, 0.2) is 0 Å². The number of amides is 1. The van der Waals surface area contributed by atoms with Gasteiger partial charge in [-0.25, -0.2) is 8.42 Å². The Morgan fingerprint density at radius 3 is 2.32 bits per heavy atom. The smallest absolute Gasteiger partial charge is 0.261 e. The Kier molecular flexibility index (Phi) is 6.17. The minimum absolute atomic E-state index is 0.131. The molecule has 3 rings (SSSR count). The van der Waals surface area contributed by atoms with E-state index in [1.54, 1.807) is 24.3 Å². The van der Waals surface area contributed by atoms with E-state index >= 15 is 0 Å². The van der Waals surface area contributed by atoms with Crippen LogP contribution in [0.5, 0.6) is 0 Å². The highest BCUT2D eigenvalue weighted by Crippen LogP contribution is 2.26. The highest BCUT2D eigenvalue weighted by Gasteiger charge is 2.22. The molecule has 1 N–H and O–H groups in total. The molecule has 1 amide bonds. The number of rotatable bonds is 7. The lowest BCUT2D eigenvalue weighted by atomic mass is 10.1. The average molecular weight is 417 g/mol. The molecule has 7 heteroatoms. The first-order valence-corrected chi connectivity index (χ1v) is 11.5. The SMILES string of the molecule is CCN(CC)S(=O)(=O)c1ccc(C(C)NC(=O)c2cc3ccccc3s2)cc1. The van der Waals surface area contributed by atoms with Crippen LogP contribution in [0.3, 0.4) is 0 Å². The van der Waals surface area contributed by atoms with Crippen LogP contribution < -0.4 is 5.32 Å². The number of nitrogens with zero attached hydrogens (tertiary/aromatic N) is 1. The molecular weight excluding hydrogens is 392 g/mol. The molecular formula is C21H24N2O3S2. The second kappa shape index (κ2) is 8.43. The minimum atomic E-state index is -3.48. The van der Waals surface area contributed by atoms with E-state index in [2.05, 4.69) is 5.32 Å². The molecule has 1 heterocycles. The van der Waals surface area contributed by atoms with Crippen molar-refractivity contribution >= 4 is 37.4 Å². The summed E-state index contributed by atoms with van der Waals surface area (Å²) in [4.78, 5) is 13.5. The van der Waals surface area contributed by atoms with Crippen LogP contribution in [0.15, 0.2) is 59.5 Å². The Morgan fingerprint density at radius 1 is 1.07 bits per heavy atom. The molecule has 2 aromatic carbocycles. The Hall–Kier alpha value is -2.22. The monoisotopic (exact) mass is 416 g/mol. The van der Waals surface area contributed by atoms with E-state index in [9.17, 15) is 13.2 Å². The minimum Gasteiger partial charge on any atom is -0.345 e. The van der Waals surface area contributed by atoms with Crippen LogP contribution in [-0.2, 0) is 10.0 Å². The maximum absolute atomic E-state index is 12.6. The van der Waals surface area contributed by atoms with E-state index in [0.29, 0.717) is 18.0 Å². The Balaban J connectivity index is 1.74. The number of fused-ring (bicyclic) bond motifs is 1.